The molecule has 0 fully saturated rings. The molecule has 0 radical (unpaired) electrons. The summed E-state index contributed by atoms with van der Waals surface area (Å²) in [7, 11) is 0. The maximum Gasteiger partial charge on any atom is 0.249 e. The minimum Gasteiger partial charge on any atom is -0.339 e. The first-order valence-electron chi connectivity index (χ1n) is 6.55. The van der Waals surface area contributed by atoms with Crippen LogP contribution in [0.2, 0.25) is 10.0 Å². The maximum atomic E-state index is 13.6. The van der Waals surface area contributed by atoms with E-state index in [1.165, 1.54) is 12.3 Å². The highest BCUT2D eigenvalue weighted by Gasteiger charge is 2.06. The summed E-state index contributed by atoms with van der Waals surface area (Å²) in [4.78, 5) is 4.22. The van der Waals surface area contributed by atoms with E-state index in [0.29, 0.717) is 21.6 Å². The minimum absolute atomic E-state index is 0.167. The van der Waals surface area contributed by atoms with Crippen molar-refractivity contribution < 1.29 is 4.39 Å². The van der Waals surface area contributed by atoms with Gasteiger partial charge in [0.1, 0.15) is 5.82 Å². The number of rotatable bonds is 4. The Morgan fingerprint density at radius 1 is 0.957 bits per heavy atom. The van der Waals surface area contributed by atoms with Crippen LogP contribution in [0.4, 0.5) is 27.5 Å². The van der Waals surface area contributed by atoms with Gasteiger partial charge in [-0.1, -0.05) is 35.3 Å². The molecule has 23 heavy (non-hydrogen) atoms. The molecule has 3 aromatic rings. The zero-order chi connectivity index (χ0) is 16.2. The van der Waals surface area contributed by atoms with Gasteiger partial charge in [0.05, 0.1) is 21.9 Å². The van der Waals surface area contributed by atoms with E-state index in [2.05, 4.69) is 25.8 Å². The lowest BCUT2D eigenvalue weighted by molar-refractivity contribution is 0.631. The van der Waals surface area contributed by atoms with Gasteiger partial charge in [0.15, 0.2) is 5.82 Å². The summed E-state index contributed by atoms with van der Waals surface area (Å²) >= 11 is 11.8. The Morgan fingerprint density at radius 2 is 1.78 bits per heavy atom. The van der Waals surface area contributed by atoms with Crippen molar-refractivity contribution in [3.05, 3.63) is 64.5 Å². The molecule has 0 saturated carbocycles. The lowest BCUT2D eigenvalue weighted by Gasteiger charge is -2.08. The average Bonchev–Trinajstić information content (AvgIpc) is 2.54. The van der Waals surface area contributed by atoms with Crippen molar-refractivity contribution in [2.45, 2.75) is 0 Å². The molecule has 0 unspecified atom stereocenters. The molecule has 0 amide bonds. The van der Waals surface area contributed by atoms with Crippen LogP contribution in [0.1, 0.15) is 0 Å². The van der Waals surface area contributed by atoms with E-state index in [4.69, 9.17) is 23.2 Å². The smallest absolute Gasteiger partial charge is 0.249 e. The zero-order valence-electron chi connectivity index (χ0n) is 11.6. The number of halogens is 3. The molecule has 3 rings (SSSR count). The van der Waals surface area contributed by atoms with Crippen LogP contribution in [0, 0.1) is 5.82 Å². The highest BCUT2D eigenvalue weighted by atomic mass is 35.5. The fourth-order valence-corrected chi connectivity index (χ4v) is 2.12. The van der Waals surface area contributed by atoms with Crippen LogP contribution in [0.25, 0.3) is 0 Å². The fraction of sp³-hybridized carbons (Fsp3) is 0. The predicted molar refractivity (Wildman–Crippen MR) is 89.3 cm³/mol. The molecule has 2 N–H and O–H groups in total. The molecular formula is C15H10Cl2FN5. The fourth-order valence-electron chi connectivity index (χ4n) is 1.82. The van der Waals surface area contributed by atoms with Gasteiger partial charge in [-0.2, -0.15) is 10.1 Å². The molecule has 0 bridgehead atoms. The molecule has 0 atom stereocenters. The first-order chi connectivity index (χ1) is 11.1. The van der Waals surface area contributed by atoms with Gasteiger partial charge in [-0.25, -0.2) is 4.39 Å². The number of hydrogen-bond donors (Lipinski definition) is 2. The molecule has 0 aliphatic carbocycles. The zero-order valence-corrected chi connectivity index (χ0v) is 13.1. The normalized spacial score (nSPS) is 10.4. The quantitative estimate of drug-likeness (QED) is 0.707. The second-order valence-corrected chi connectivity index (χ2v) is 5.34. The van der Waals surface area contributed by atoms with Crippen LogP contribution in [0.3, 0.4) is 0 Å². The van der Waals surface area contributed by atoms with Crippen molar-refractivity contribution in [3.8, 4) is 0 Å². The van der Waals surface area contributed by atoms with Crippen molar-refractivity contribution in [3.63, 3.8) is 0 Å². The van der Waals surface area contributed by atoms with Gasteiger partial charge >= 0.3 is 0 Å². The Labute approximate surface area is 141 Å². The molecule has 116 valence electrons. The van der Waals surface area contributed by atoms with Gasteiger partial charge in [0, 0.05) is 5.69 Å². The predicted octanol–water partition coefficient (Wildman–Crippen LogP) is 4.80. The Morgan fingerprint density at radius 3 is 2.57 bits per heavy atom. The van der Waals surface area contributed by atoms with Crippen LogP contribution in [0.5, 0.6) is 0 Å². The molecule has 1 aromatic heterocycles. The largest absolute Gasteiger partial charge is 0.339 e. The Balaban J connectivity index is 1.79. The molecule has 1 heterocycles. The lowest BCUT2D eigenvalue weighted by Crippen LogP contribution is -2.03. The standard InChI is InChI=1S/C15H10Cl2FN5/c16-10-6-5-9(7-11(10)17)20-14-8-19-23-15(22-14)21-13-4-2-1-3-12(13)18/h1-8H,(H2,20,21,22,23). The van der Waals surface area contributed by atoms with Crippen molar-refractivity contribution in [1.82, 2.24) is 15.2 Å². The maximum absolute atomic E-state index is 13.6. The molecular weight excluding hydrogens is 340 g/mol. The molecule has 5 nitrogen and oxygen atoms in total. The third kappa shape index (κ3) is 3.85. The van der Waals surface area contributed by atoms with Gasteiger partial charge in [-0.15, -0.1) is 5.10 Å². The summed E-state index contributed by atoms with van der Waals surface area (Å²) in [6, 6.07) is 11.3. The van der Waals surface area contributed by atoms with Gasteiger partial charge < -0.3 is 10.6 Å². The highest BCUT2D eigenvalue weighted by Crippen LogP contribution is 2.26. The number of benzene rings is 2. The number of aromatic nitrogens is 3. The summed E-state index contributed by atoms with van der Waals surface area (Å²) in [5, 5.41) is 14.3. The van der Waals surface area contributed by atoms with Gasteiger partial charge in [-0.3, -0.25) is 0 Å². The van der Waals surface area contributed by atoms with E-state index in [0.717, 1.165) is 0 Å². The first kappa shape index (κ1) is 15.5. The monoisotopic (exact) mass is 349 g/mol. The molecule has 0 aliphatic rings. The van der Waals surface area contributed by atoms with Crippen molar-refractivity contribution in [2.75, 3.05) is 10.6 Å². The van der Waals surface area contributed by atoms with Gasteiger partial charge in [0.25, 0.3) is 0 Å². The summed E-state index contributed by atoms with van der Waals surface area (Å²) in [6.07, 6.45) is 1.44. The van der Waals surface area contributed by atoms with E-state index in [9.17, 15) is 4.39 Å². The van der Waals surface area contributed by atoms with Crippen LogP contribution < -0.4 is 10.6 Å². The van der Waals surface area contributed by atoms with E-state index in [1.54, 1.807) is 36.4 Å². The van der Waals surface area contributed by atoms with Crippen LogP contribution in [-0.4, -0.2) is 15.2 Å². The second-order valence-electron chi connectivity index (χ2n) is 4.52. The molecule has 0 spiro atoms. The van der Waals surface area contributed by atoms with E-state index >= 15 is 0 Å². The Hall–Kier alpha value is -2.44. The second kappa shape index (κ2) is 6.76. The SMILES string of the molecule is Fc1ccccc1Nc1nncc(Nc2ccc(Cl)c(Cl)c2)n1. The molecule has 0 saturated heterocycles. The number of hydrogen-bond acceptors (Lipinski definition) is 5. The summed E-state index contributed by atoms with van der Waals surface area (Å²) < 4.78 is 13.6. The van der Waals surface area contributed by atoms with Gasteiger partial charge in [0.2, 0.25) is 5.95 Å². The number of anilines is 4. The Bertz CT molecular complexity index is 844. The van der Waals surface area contributed by atoms with Crippen LogP contribution >= 0.6 is 23.2 Å². The molecule has 8 heteroatoms. The van der Waals surface area contributed by atoms with Gasteiger partial charge in [-0.05, 0) is 30.3 Å². The minimum atomic E-state index is -0.404. The first-order valence-corrected chi connectivity index (χ1v) is 7.31. The number of nitrogens with zero attached hydrogens (tertiary/aromatic N) is 3. The van der Waals surface area contributed by atoms with E-state index in [1.807, 2.05) is 0 Å². The van der Waals surface area contributed by atoms with Crippen LogP contribution in [0.15, 0.2) is 48.7 Å². The molecule has 0 aliphatic heterocycles. The van der Waals surface area contributed by atoms with Crippen molar-refractivity contribution >= 4 is 46.3 Å². The van der Waals surface area contributed by atoms with E-state index < -0.39 is 5.82 Å². The third-order valence-electron chi connectivity index (χ3n) is 2.87. The number of nitrogens with one attached hydrogen (secondary N) is 2. The highest BCUT2D eigenvalue weighted by molar-refractivity contribution is 6.42. The third-order valence-corrected chi connectivity index (χ3v) is 3.61. The van der Waals surface area contributed by atoms with Crippen LogP contribution in [-0.2, 0) is 0 Å². The summed E-state index contributed by atoms with van der Waals surface area (Å²) in [6.45, 7) is 0. The van der Waals surface area contributed by atoms with Crippen molar-refractivity contribution in [2.24, 2.45) is 0 Å². The topological polar surface area (TPSA) is 62.7 Å². The number of para-hydroxylation sites is 1. The summed E-state index contributed by atoms with van der Waals surface area (Å²) in [5.74, 6) is 0.191. The lowest BCUT2D eigenvalue weighted by atomic mass is 10.3. The Kier molecular flexibility index (Phi) is 4.55. The summed E-state index contributed by atoms with van der Waals surface area (Å²) in [5.41, 5.74) is 0.956. The average molecular weight is 350 g/mol. The molecule has 2 aromatic carbocycles. The van der Waals surface area contributed by atoms with E-state index in [-0.39, 0.29) is 11.6 Å². The van der Waals surface area contributed by atoms with Crippen molar-refractivity contribution in [1.29, 1.82) is 0 Å².